The van der Waals surface area contributed by atoms with Gasteiger partial charge in [-0.1, -0.05) is 20.8 Å². The fraction of sp³-hybridized carbons (Fsp3) is 0.211. The largest absolute Gasteiger partial charge is 0.493 e. The molecule has 3 rings (SSSR count). The van der Waals surface area contributed by atoms with E-state index in [1.165, 1.54) is 29.7 Å². The Morgan fingerprint density at radius 2 is 2.00 bits per heavy atom. The van der Waals surface area contributed by atoms with E-state index in [0.717, 1.165) is 22.2 Å². The molecule has 0 saturated carbocycles. The van der Waals surface area contributed by atoms with Crippen LogP contribution in [0.4, 0.5) is 5.13 Å². The molecule has 1 amide bonds. The molecule has 150 valence electrons. The van der Waals surface area contributed by atoms with Gasteiger partial charge in [-0.15, -0.1) is 11.3 Å². The molecule has 3 heterocycles. The van der Waals surface area contributed by atoms with Crippen LogP contribution < -0.4 is 10.9 Å². The van der Waals surface area contributed by atoms with Crippen LogP contribution in [-0.2, 0) is 10.2 Å². The zero-order valence-corrected chi connectivity index (χ0v) is 16.6. The molecule has 0 radical (unpaired) electrons. The molecule has 3 aromatic heterocycles. The van der Waals surface area contributed by atoms with Gasteiger partial charge in [0.25, 0.3) is 11.5 Å². The zero-order chi connectivity index (χ0) is 21.3. The maximum absolute atomic E-state index is 12.5. The second kappa shape index (κ2) is 7.47. The summed E-state index contributed by atoms with van der Waals surface area (Å²) in [7, 11) is 0. The van der Waals surface area contributed by atoms with Crippen molar-refractivity contribution in [2.75, 3.05) is 5.32 Å². The molecule has 0 aliphatic carbocycles. The fourth-order valence-corrected chi connectivity index (χ4v) is 3.36. The highest BCUT2D eigenvalue weighted by Crippen LogP contribution is 2.26. The van der Waals surface area contributed by atoms with Crippen LogP contribution in [0.3, 0.4) is 0 Å². The molecule has 0 bridgehead atoms. The lowest BCUT2D eigenvalue weighted by Crippen LogP contribution is -2.19. The first-order valence-corrected chi connectivity index (χ1v) is 9.38. The molecule has 29 heavy (non-hydrogen) atoms. The molecule has 0 aromatic carbocycles. The highest BCUT2D eigenvalue weighted by atomic mass is 32.1. The Labute approximate surface area is 169 Å². The van der Waals surface area contributed by atoms with Crippen molar-refractivity contribution in [1.29, 1.82) is 0 Å². The quantitative estimate of drug-likeness (QED) is 0.558. The molecular formula is C19H18N4O5S. The van der Waals surface area contributed by atoms with Gasteiger partial charge in [-0.2, -0.15) is 4.98 Å². The van der Waals surface area contributed by atoms with E-state index in [-0.39, 0.29) is 22.2 Å². The molecule has 0 aliphatic rings. The van der Waals surface area contributed by atoms with E-state index in [2.05, 4.69) is 15.3 Å². The highest BCUT2D eigenvalue weighted by molar-refractivity contribution is 7.14. The minimum Gasteiger partial charge on any atom is -0.493 e. The van der Waals surface area contributed by atoms with Gasteiger partial charge in [0.05, 0.1) is 5.69 Å². The highest BCUT2D eigenvalue weighted by Gasteiger charge is 2.19. The van der Waals surface area contributed by atoms with E-state index in [1.54, 1.807) is 0 Å². The molecular weight excluding hydrogens is 396 g/mol. The summed E-state index contributed by atoms with van der Waals surface area (Å²) in [5.74, 6) is -2.33. The van der Waals surface area contributed by atoms with Gasteiger partial charge in [0.2, 0.25) is 5.88 Å². The summed E-state index contributed by atoms with van der Waals surface area (Å²) in [5.41, 5.74) is 0.0557. The second-order valence-electron chi connectivity index (χ2n) is 7.21. The van der Waals surface area contributed by atoms with Gasteiger partial charge in [-0.3, -0.25) is 19.3 Å². The van der Waals surface area contributed by atoms with E-state index in [1.807, 2.05) is 26.2 Å². The first-order chi connectivity index (χ1) is 13.6. The number of nitrogens with zero attached hydrogens (tertiary/aromatic N) is 3. The van der Waals surface area contributed by atoms with E-state index < -0.39 is 23.3 Å². The lowest BCUT2D eigenvalue weighted by molar-refractivity contribution is -0.131. The van der Waals surface area contributed by atoms with Crippen LogP contribution in [-0.4, -0.2) is 36.5 Å². The van der Waals surface area contributed by atoms with Gasteiger partial charge in [0, 0.05) is 28.6 Å². The Bertz CT molecular complexity index is 1200. The van der Waals surface area contributed by atoms with Crippen LogP contribution in [0.15, 0.2) is 34.6 Å². The SMILES string of the molecule is CC(C)(C)c1csc(NC(=O)c2ccn3c(=O)c(C=CC(=O)O)c(O)nc3c2)n1. The molecule has 0 saturated heterocycles. The predicted molar refractivity (Wildman–Crippen MR) is 109 cm³/mol. The van der Waals surface area contributed by atoms with Crippen molar-refractivity contribution in [1.82, 2.24) is 14.4 Å². The van der Waals surface area contributed by atoms with Crippen molar-refractivity contribution in [3.63, 3.8) is 0 Å². The number of fused-ring (bicyclic) bond motifs is 1. The number of nitrogens with one attached hydrogen (secondary N) is 1. The average molecular weight is 414 g/mol. The smallest absolute Gasteiger partial charge is 0.328 e. The van der Waals surface area contributed by atoms with E-state index in [9.17, 15) is 19.5 Å². The van der Waals surface area contributed by atoms with Crippen molar-refractivity contribution >= 4 is 40.1 Å². The summed E-state index contributed by atoms with van der Waals surface area (Å²) >= 11 is 1.31. The number of aliphatic carboxylic acids is 1. The summed E-state index contributed by atoms with van der Waals surface area (Å²) < 4.78 is 1.11. The molecule has 3 N–H and O–H groups in total. The number of pyridine rings is 1. The fourth-order valence-electron chi connectivity index (χ4n) is 2.43. The van der Waals surface area contributed by atoms with Gasteiger partial charge in [-0.05, 0) is 18.2 Å². The number of carboxylic acid groups (broad SMARTS) is 1. The van der Waals surface area contributed by atoms with E-state index in [0.29, 0.717) is 5.13 Å². The first-order valence-electron chi connectivity index (χ1n) is 8.50. The maximum atomic E-state index is 12.5. The van der Waals surface area contributed by atoms with E-state index in [4.69, 9.17) is 5.11 Å². The Hall–Kier alpha value is -3.53. The number of carboxylic acids is 1. The van der Waals surface area contributed by atoms with Crippen molar-refractivity contribution in [2.24, 2.45) is 0 Å². The van der Waals surface area contributed by atoms with Crippen LogP contribution in [0.2, 0.25) is 0 Å². The van der Waals surface area contributed by atoms with Crippen molar-refractivity contribution in [3.8, 4) is 5.88 Å². The normalized spacial score (nSPS) is 11.8. The number of aromatic hydroxyl groups is 1. The van der Waals surface area contributed by atoms with Crippen molar-refractivity contribution in [3.05, 3.63) is 57.0 Å². The summed E-state index contributed by atoms with van der Waals surface area (Å²) in [4.78, 5) is 43.9. The van der Waals surface area contributed by atoms with Gasteiger partial charge in [0.15, 0.2) is 5.13 Å². The van der Waals surface area contributed by atoms with Crippen molar-refractivity contribution < 1.29 is 19.8 Å². The van der Waals surface area contributed by atoms with Crippen LogP contribution in [0, 0.1) is 0 Å². The molecule has 0 atom stereocenters. The number of carbonyl (C=O) groups excluding carboxylic acids is 1. The Balaban J connectivity index is 1.92. The number of carbonyl (C=O) groups is 2. The second-order valence-corrected chi connectivity index (χ2v) is 8.07. The molecule has 0 spiro atoms. The van der Waals surface area contributed by atoms with Crippen LogP contribution >= 0.6 is 11.3 Å². The number of hydrogen-bond acceptors (Lipinski definition) is 7. The molecule has 0 unspecified atom stereocenters. The number of amides is 1. The standard InChI is InChI=1S/C19H18N4O5S/c1-19(2,3)12-9-29-18(20-12)22-15(26)10-6-7-23-13(8-10)21-16(27)11(17(23)28)4-5-14(24)25/h4-9,27H,1-3H3,(H,24,25)(H,20,22,26). The molecule has 0 aliphatic heterocycles. The third-order valence-corrected chi connectivity index (χ3v) is 4.75. The van der Waals surface area contributed by atoms with Gasteiger partial charge in [0.1, 0.15) is 11.2 Å². The van der Waals surface area contributed by atoms with Crippen molar-refractivity contribution in [2.45, 2.75) is 26.2 Å². The minimum absolute atomic E-state index is 0.0437. The molecule has 0 fully saturated rings. The summed E-state index contributed by atoms with van der Waals surface area (Å²) in [6.45, 7) is 6.06. The lowest BCUT2D eigenvalue weighted by atomic mass is 9.93. The summed E-state index contributed by atoms with van der Waals surface area (Å²) in [6, 6.07) is 2.77. The third-order valence-electron chi connectivity index (χ3n) is 3.99. The Kier molecular flexibility index (Phi) is 5.21. The maximum Gasteiger partial charge on any atom is 0.328 e. The molecule has 3 aromatic rings. The van der Waals surface area contributed by atoms with E-state index >= 15 is 0 Å². The topological polar surface area (TPSA) is 134 Å². The number of hydrogen-bond donors (Lipinski definition) is 3. The Morgan fingerprint density at radius 1 is 1.28 bits per heavy atom. The molecule has 10 heteroatoms. The van der Waals surface area contributed by atoms with Gasteiger partial charge < -0.3 is 10.2 Å². The third kappa shape index (κ3) is 4.32. The number of aromatic nitrogens is 3. The minimum atomic E-state index is -1.27. The summed E-state index contributed by atoms with van der Waals surface area (Å²) in [5, 5.41) is 23.7. The lowest BCUT2D eigenvalue weighted by Gasteiger charge is -2.14. The molecule has 9 nitrogen and oxygen atoms in total. The van der Waals surface area contributed by atoms with Gasteiger partial charge >= 0.3 is 5.97 Å². The van der Waals surface area contributed by atoms with Gasteiger partial charge in [-0.25, -0.2) is 9.78 Å². The zero-order valence-electron chi connectivity index (χ0n) is 15.8. The van der Waals surface area contributed by atoms with Crippen LogP contribution in [0.5, 0.6) is 5.88 Å². The van der Waals surface area contributed by atoms with Crippen LogP contribution in [0.25, 0.3) is 11.7 Å². The van der Waals surface area contributed by atoms with Crippen LogP contribution in [0.1, 0.15) is 42.4 Å². The Morgan fingerprint density at radius 3 is 2.62 bits per heavy atom. The number of rotatable bonds is 4. The number of thiazole rings is 1. The summed E-state index contributed by atoms with van der Waals surface area (Å²) in [6.07, 6.45) is 3.03. The monoisotopic (exact) mass is 414 g/mol. The average Bonchev–Trinajstić information content (AvgIpc) is 3.09. The number of anilines is 1. The predicted octanol–water partition coefficient (Wildman–Crippen LogP) is 2.50. The first kappa shape index (κ1) is 20.2.